The van der Waals surface area contributed by atoms with Crippen LogP contribution >= 0.6 is 0 Å². The Morgan fingerprint density at radius 2 is 2.04 bits per heavy atom. The zero-order chi connectivity index (χ0) is 17.7. The number of hydrogen-bond acceptors (Lipinski definition) is 4. The molecule has 0 unspecified atom stereocenters. The van der Waals surface area contributed by atoms with E-state index < -0.39 is 0 Å². The third-order valence-corrected chi connectivity index (χ3v) is 5.23. The van der Waals surface area contributed by atoms with E-state index in [9.17, 15) is 4.79 Å². The van der Waals surface area contributed by atoms with Gasteiger partial charge in [-0.1, -0.05) is 18.2 Å². The lowest BCUT2D eigenvalue weighted by molar-refractivity contribution is 0.0923. The molecule has 1 N–H and O–H groups in total. The zero-order valence-electron chi connectivity index (χ0n) is 14.6. The summed E-state index contributed by atoms with van der Waals surface area (Å²) in [7, 11) is 2.01. The van der Waals surface area contributed by atoms with Gasteiger partial charge in [0.2, 0.25) is 0 Å². The smallest absolute Gasteiger partial charge is 0.269 e. The zero-order valence-corrected chi connectivity index (χ0v) is 14.6. The van der Waals surface area contributed by atoms with Crippen LogP contribution in [0.5, 0.6) is 0 Å². The van der Waals surface area contributed by atoms with E-state index in [0.717, 1.165) is 53.4 Å². The monoisotopic (exact) mass is 345 g/mol. The fourth-order valence-electron chi connectivity index (χ4n) is 3.85. The largest absolute Gasteiger partial charge is 0.349 e. The number of hydrogen-bond donors (Lipinski definition) is 1. The molecule has 26 heavy (non-hydrogen) atoms. The Kier molecular flexibility index (Phi) is 3.31. The summed E-state index contributed by atoms with van der Waals surface area (Å²) in [6, 6.07) is 12.3. The fourth-order valence-corrected chi connectivity index (χ4v) is 3.85. The summed E-state index contributed by atoms with van der Waals surface area (Å²) in [5.74, 6) is 0.863. The van der Waals surface area contributed by atoms with E-state index in [-0.39, 0.29) is 5.91 Å². The molecule has 0 bridgehead atoms. The predicted molar refractivity (Wildman–Crippen MR) is 99.7 cm³/mol. The van der Waals surface area contributed by atoms with Gasteiger partial charge >= 0.3 is 0 Å². The van der Waals surface area contributed by atoms with E-state index in [1.807, 2.05) is 36.1 Å². The van der Waals surface area contributed by atoms with Gasteiger partial charge in [-0.3, -0.25) is 9.48 Å². The molecule has 6 heteroatoms. The summed E-state index contributed by atoms with van der Waals surface area (Å²) in [6.07, 6.45) is 3.67. The highest BCUT2D eigenvalue weighted by atomic mass is 16.2. The molecule has 0 saturated carbocycles. The Balaban J connectivity index is 1.62. The molecule has 0 saturated heterocycles. The van der Waals surface area contributed by atoms with Gasteiger partial charge in [0, 0.05) is 36.6 Å². The number of pyridine rings is 1. The van der Waals surface area contributed by atoms with Crippen molar-refractivity contribution >= 4 is 17.4 Å². The number of nitrogens with one attached hydrogen (secondary N) is 1. The van der Waals surface area contributed by atoms with Crippen LogP contribution in [0.15, 0.2) is 42.6 Å². The average molecular weight is 345 g/mol. The van der Waals surface area contributed by atoms with Crippen molar-refractivity contribution in [1.29, 1.82) is 0 Å². The first kappa shape index (κ1) is 15.1. The van der Waals surface area contributed by atoms with Crippen molar-refractivity contribution in [2.24, 2.45) is 0 Å². The number of anilines is 2. The highest BCUT2D eigenvalue weighted by Crippen LogP contribution is 2.37. The van der Waals surface area contributed by atoms with E-state index in [1.165, 1.54) is 5.56 Å². The number of para-hydroxylation sites is 1. The number of benzene rings is 1. The molecule has 0 radical (unpaired) electrons. The number of rotatable bonds is 2. The fraction of sp³-hybridized carbons (Fsp3) is 0.250. The van der Waals surface area contributed by atoms with Crippen LogP contribution < -0.4 is 10.2 Å². The number of carbonyl (C=O) groups is 1. The minimum Gasteiger partial charge on any atom is -0.349 e. The van der Waals surface area contributed by atoms with Gasteiger partial charge in [-0.05, 0) is 36.6 Å². The molecule has 1 aliphatic carbocycles. The Hall–Kier alpha value is -3.15. The van der Waals surface area contributed by atoms with Gasteiger partial charge in [-0.15, -0.1) is 0 Å². The van der Waals surface area contributed by atoms with Crippen molar-refractivity contribution in [1.82, 2.24) is 20.1 Å². The Bertz CT molecular complexity index is 1010. The van der Waals surface area contributed by atoms with E-state index in [2.05, 4.69) is 33.4 Å². The lowest BCUT2D eigenvalue weighted by Crippen LogP contribution is -2.36. The summed E-state index contributed by atoms with van der Waals surface area (Å²) < 4.78 is 1.86. The number of fused-ring (bicyclic) bond motifs is 5. The quantitative estimate of drug-likeness (QED) is 0.775. The lowest BCUT2D eigenvalue weighted by Gasteiger charge is -2.22. The number of nitrogens with zero attached hydrogens (tertiary/aromatic N) is 4. The van der Waals surface area contributed by atoms with Crippen LogP contribution in [0.3, 0.4) is 0 Å². The summed E-state index contributed by atoms with van der Waals surface area (Å²) in [5, 5.41) is 7.69. The second kappa shape index (κ2) is 5.69. The molecule has 2 aromatic heterocycles. The maximum Gasteiger partial charge on any atom is 0.269 e. The maximum atomic E-state index is 12.3. The molecule has 0 atom stereocenters. The van der Waals surface area contributed by atoms with Crippen molar-refractivity contribution in [3.8, 4) is 11.3 Å². The molecule has 1 aliphatic heterocycles. The Morgan fingerprint density at radius 3 is 2.88 bits per heavy atom. The summed E-state index contributed by atoms with van der Waals surface area (Å²) >= 11 is 0. The number of amides is 1. The van der Waals surface area contributed by atoms with Crippen LogP contribution in [-0.4, -0.2) is 34.3 Å². The average Bonchev–Trinajstić information content (AvgIpc) is 3.08. The van der Waals surface area contributed by atoms with Gasteiger partial charge in [0.1, 0.15) is 11.5 Å². The van der Waals surface area contributed by atoms with E-state index in [0.29, 0.717) is 6.54 Å². The second-order valence-corrected chi connectivity index (χ2v) is 6.75. The van der Waals surface area contributed by atoms with Gasteiger partial charge in [0.05, 0.1) is 12.2 Å². The van der Waals surface area contributed by atoms with E-state index >= 15 is 0 Å². The van der Waals surface area contributed by atoms with Gasteiger partial charge < -0.3 is 10.2 Å². The molecule has 0 fully saturated rings. The Morgan fingerprint density at radius 1 is 1.19 bits per heavy atom. The van der Waals surface area contributed by atoms with Crippen LogP contribution in [0.25, 0.3) is 11.3 Å². The standard InChI is InChI=1S/C20H19N5O/c1-24(14-5-3-2-4-6-14)17-11-16-13(12-22-17)7-8-15-18(16)23-25-10-9-21-20(26)19(15)25/h2-6,11-12H,7-10H2,1H3,(H,21,26). The van der Waals surface area contributed by atoms with Crippen molar-refractivity contribution in [3.05, 3.63) is 59.4 Å². The van der Waals surface area contributed by atoms with Gasteiger partial charge in [0.25, 0.3) is 5.91 Å². The van der Waals surface area contributed by atoms with Gasteiger partial charge in [-0.2, -0.15) is 5.10 Å². The summed E-state index contributed by atoms with van der Waals surface area (Å²) in [5.41, 5.74) is 6.09. The lowest BCUT2D eigenvalue weighted by atomic mass is 9.90. The molecule has 0 spiro atoms. The van der Waals surface area contributed by atoms with E-state index in [1.54, 1.807) is 0 Å². The number of aromatic nitrogens is 3. The molecule has 130 valence electrons. The van der Waals surface area contributed by atoms with Crippen molar-refractivity contribution in [2.45, 2.75) is 19.4 Å². The van der Waals surface area contributed by atoms with Crippen LogP contribution in [0.2, 0.25) is 0 Å². The first-order valence-corrected chi connectivity index (χ1v) is 8.88. The summed E-state index contributed by atoms with van der Waals surface area (Å²) in [4.78, 5) is 19.0. The maximum absolute atomic E-state index is 12.3. The molecule has 5 rings (SSSR count). The number of carbonyl (C=O) groups excluding carboxylic acids is 1. The minimum absolute atomic E-state index is 0.0101. The van der Waals surface area contributed by atoms with Crippen molar-refractivity contribution < 1.29 is 4.79 Å². The molecular formula is C20H19N5O. The van der Waals surface area contributed by atoms with Crippen LogP contribution in [0.4, 0.5) is 11.5 Å². The SMILES string of the molecule is CN(c1ccccc1)c1cc2c(cn1)CCc1c-2nn2c1C(=O)NCC2. The van der Waals surface area contributed by atoms with E-state index in [4.69, 9.17) is 5.10 Å². The molecule has 3 heterocycles. The van der Waals surface area contributed by atoms with Crippen molar-refractivity contribution in [3.63, 3.8) is 0 Å². The highest BCUT2D eigenvalue weighted by Gasteiger charge is 2.30. The highest BCUT2D eigenvalue weighted by molar-refractivity contribution is 5.97. The third kappa shape index (κ3) is 2.22. The molecular weight excluding hydrogens is 326 g/mol. The van der Waals surface area contributed by atoms with Crippen molar-refractivity contribution in [2.75, 3.05) is 18.5 Å². The van der Waals surface area contributed by atoms with Gasteiger partial charge in [0.15, 0.2) is 0 Å². The second-order valence-electron chi connectivity index (χ2n) is 6.75. The molecule has 3 aromatic rings. The topological polar surface area (TPSA) is 63.1 Å². The van der Waals surface area contributed by atoms with Crippen LogP contribution in [-0.2, 0) is 19.4 Å². The molecule has 1 aromatic carbocycles. The van der Waals surface area contributed by atoms with Gasteiger partial charge in [-0.25, -0.2) is 4.98 Å². The Labute approximate surface area is 151 Å². The normalized spacial score (nSPS) is 14.9. The minimum atomic E-state index is -0.0101. The third-order valence-electron chi connectivity index (χ3n) is 5.23. The first-order valence-electron chi connectivity index (χ1n) is 8.88. The predicted octanol–water partition coefficient (Wildman–Crippen LogP) is 2.55. The summed E-state index contributed by atoms with van der Waals surface area (Å²) in [6.45, 7) is 1.36. The first-order chi connectivity index (χ1) is 12.7. The van der Waals surface area contributed by atoms with Crippen LogP contribution in [0, 0.1) is 0 Å². The molecule has 6 nitrogen and oxygen atoms in total. The van der Waals surface area contributed by atoms with Crippen LogP contribution in [0.1, 0.15) is 21.6 Å². The molecule has 1 amide bonds. The number of aryl methyl sites for hydroxylation is 1. The molecule has 2 aliphatic rings.